The summed E-state index contributed by atoms with van der Waals surface area (Å²) in [7, 11) is 0. The van der Waals surface area contributed by atoms with Crippen LogP contribution in [-0.4, -0.2) is 24.2 Å². The quantitative estimate of drug-likeness (QED) is 0.524. The Morgan fingerprint density at radius 3 is 2.58 bits per heavy atom. The number of carbonyl (C=O) groups excluding carboxylic acids is 1. The van der Waals surface area contributed by atoms with Gasteiger partial charge in [0.1, 0.15) is 5.69 Å². The number of carbonyl (C=O) groups is 1. The van der Waals surface area contributed by atoms with Gasteiger partial charge < -0.3 is 20.5 Å². The number of nitrogens with one attached hydrogen (secondary N) is 2. The fourth-order valence-corrected chi connectivity index (χ4v) is 2.12. The first kappa shape index (κ1) is 17.5. The molecular weight excluding hydrogens is 312 g/mol. The molecule has 0 atom stereocenters. The first-order chi connectivity index (χ1) is 11.4. The average molecular weight is 332 g/mol. The van der Waals surface area contributed by atoms with Crippen molar-refractivity contribution in [3.8, 4) is 11.5 Å². The Balaban J connectivity index is 2.26. The van der Waals surface area contributed by atoms with Gasteiger partial charge in [-0.15, -0.1) is 0 Å². The van der Waals surface area contributed by atoms with Crippen molar-refractivity contribution in [2.75, 3.05) is 18.5 Å². The minimum atomic E-state index is -0.715. The molecule has 0 fully saturated rings. The Kier molecular flexibility index (Phi) is 5.23. The summed E-state index contributed by atoms with van der Waals surface area (Å²) in [6.07, 6.45) is 0. The lowest BCUT2D eigenvalue weighted by atomic mass is 10.1. The van der Waals surface area contributed by atoms with Gasteiger partial charge in [-0.05, 0) is 25.0 Å². The second-order valence-electron chi connectivity index (χ2n) is 5.73. The van der Waals surface area contributed by atoms with Crippen molar-refractivity contribution in [1.82, 2.24) is 5.32 Å². The van der Waals surface area contributed by atoms with Gasteiger partial charge in [0.05, 0.1) is 17.9 Å². The third-order valence-corrected chi connectivity index (χ3v) is 3.37. The topological polar surface area (TPSA) is 105 Å². The number of rotatable bonds is 7. The number of ether oxygens (including phenoxy) is 1. The van der Waals surface area contributed by atoms with Gasteiger partial charge in [-0.3, -0.25) is 14.4 Å². The molecule has 0 aliphatic rings. The molecule has 2 aromatic rings. The predicted octanol–water partition coefficient (Wildman–Crippen LogP) is 1.52. The number of hydrogen-bond acceptors (Lipinski definition) is 6. The average Bonchev–Trinajstić information content (AvgIpc) is 2.56. The van der Waals surface area contributed by atoms with Crippen LogP contribution in [0.2, 0.25) is 0 Å². The lowest BCUT2D eigenvalue weighted by Crippen LogP contribution is -2.35. The van der Waals surface area contributed by atoms with E-state index in [0.717, 1.165) is 0 Å². The first-order valence-electron chi connectivity index (χ1n) is 7.70. The molecule has 0 aliphatic carbocycles. The molecule has 7 heteroatoms. The van der Waals surface area contributed by atoms with Gasteiger partial charge >= 0.3 is 0 Å². The zero-order valence-electron chi connectivity index (χ0n) is 13.8. The Morgan fingerprint density at radius 1 is 1.25 bits per heavy atom. The molecule has 0 saturated carbocycles. The molecule has 2 rings (SSSR count). The highest BCUT2D eigenvalue weighted by molar-refractivity contribution is 5.99. The number of hydrogen-bond donors (Lipinski definition) is 3. The third-order valence-electron chi connectivity index (χ3n) is 3.37. The van der Waals surface area contributed by atoms with Crippen LogP contribution in [0.3, 0.4) is 0 Å². The number of para-hydroxylation sites is 1. The van der Waals surface area contributed by atoms with Crippen molar-refractivity contribution < 1.29 is 14.6 Å². The van der Waals surface area contributed by atoms with Crippen molar-refractivity contribution >= 4 is 17.3 Å². The monoisotopic (exact) mass is 332 g/mol. The highest BCUT2D eigenvalue weighted by Crippen LogP contribution is 2.32. The summed E-state index contributed by atoms with van der Waals surface area (Å²) in [6.45, 7) is 6.32. The van der Waals surface area contributed by atoms with E-state index in [-0.39, 0.29) is 41.0 Å². The predicted molar refractivity (Wildman–Crippen MR) is 91.1 cm³/mol. The standard InChI is InChI=1S/C17H20N2O5/c1-4-24-16-12(14(21)15(16)22)19-11-7-5-6-10(13(11)20)17(23)18-8-9(2)3/h5-7,9,19-20H,4,8H2,1-3H3,(H,18,23). The van der Waals surface area contributed by atoms with E-state index < -0.39 is 16.8 Å². The number of phenols is 1. The molecule has 0 saturated heterocycles. The number of phenolic OH excluding ortho intramolecular Hbond substituents is 1. The van der Waals surface area contributed by atoms with Gasteiger partial charge in [0.15, 0.2) is 11.5 Å². The van der Waals surface area contributed by atoms with E-state index in [1.807, 2.05) is 13.8 Å². The minimum Gasteiger partial charge on any atom is -0.505 e. The molecule has 2 aromatic carbocycles. The maximum Gasteiger partial charge on any atom is 0.272 e. The Morgan fingerprint density at radius 2 is 1.96 bits per heavy atom. The molecule has 0 aromatic heterocycles. The van der Waals surface area contributed by atoms with E-state index >= 15 is 0 Å². The lowest BCUT2D eigenvalue weighted by molar-refractivity contribution is 0.0946. The Labute approximate surface area is 139 Å². The van der Waals surface area contributed by atoms with Gasteiger partial charge in [0.2, 0.25) is 0 Å². The molecule has 0 heterocycles. The van der Waals surface area contributed by atoms with E-state index in [1.165, 1.54) is 12.1 Å². The van der Waals surface area contributed by atoms with E-state index in [1.54, 1.807) is 13.0 Å². The molecule has 3 N–H and O–H groups in total. The lowest BCUT2D eigenvalue weighted by Gasteiger charge is -2.15. The summed E-state index contributed by atoms with van der Waals surface area (Å²) in [6, 6.07) is 4.54. The maximum atomic E-state index is 12.1. The van der Waals surface area contributed by atoms with Crippen LogP contribution in [0.15, 0.2) is 27.8 Å². The second-order valence-corrected chi connectivity index (χ2v) is 5.73. The second kappa shape index (κ2) is 7.16. The minimum absolute atomic E-state index is 0.0168. The Bertz CT molecular complexity index is 819. The van der Waals surface area contributed by atoms with E-state index in [9.17, 15) is 19.5 Å². The summed E-state index contributed by atoms with van der Waals surface area (Å²) in [5, 5.41) is 15.7. The molecular formula is C17H20N2O5. The maximum absolute atomic E-state index is 12.1. The fraction of sp³-hybridized carbons (Fsp3) is 0.353. The van der Waals surface area contributed by atoms with Crippen molar-refractivity contribution in [1.29, 1.82) is 0 Å². The van der Waals surface area contributed by atoms with Gasteiger partial charge in [-0.1, -0.05) is 19.9 Å². The van der Waals surface area contributed by atoms with E-state index in [0.29, 0.717) is 6.54 Å². The van der Waals surface area contributed by atoms with Crippen LogP contribution in [-0.2, 0) is 0 Å². The van der Waals surface area contributed by atoms with Crippen LogP contribution >= 0.6 is 0 Å². The molecule has 0 spiro atoms. The van der Waals surface area contributed by atoms with E-state index in [2.05, 4.69) is 10.6 Å². The largest absolute Gasteiger partial charge is 0.505 e. The van der Waals surface area contributed by atoms with Crippen molar-refractivity contribution in [2.24, 2.45) is 5.92 Å². The fourth-order valence-electron chi connectivity index (χ4n) is 2.12. The molecule has 0 bridgehead atoms. The molecule has 128 valence electrons. The molecule has 0 aliphatic heterocycles. The zero-order chi connectivity index (χ0) is 17.9. The molecule has 1 amide bonds. The summed E-state index contributed by atoms with van der Waals surface area (Å²) in [5.74, 6) is -0.499. The van der Waals surface area contributed by atoms with Gasteiger partial charge in [-0.25, -0.2) is 0 Å². The summed E-state index contributed by atoms with van der Waals surface area (Å²) in [4.78, 5) is 35.2. The van der Waals surface area contributed by atoms with Gasteiger partial charge in [0, 0.05) is 6.54 Å². The third kappa shape index (κ3) is 3.40. The van der Waals surface area contributed by atoms with Crippen LogP contribution in [0, 0.1) is 5.92 Å². The molecule has 7 nitrogen and oxygen atoms in total. The summed E-state index contributed by atoms with van der Waals surface area (Å²) in [5.41, 5.74) is -1.20. The highest BCUT2D eigenvalue weighted by Gasteiger charge is 2.24. The number of benzene rings is 1. The molecule has 24 heavy (non-hydrogen) atoms. The van der Waals surface area contributed by atoms with Crippen molar-refractivity contribution in [2.45, 2.75) is 20.8 Å². The normalized spacial score (nSPS) is 10.8. The van der Waals surface area contributed by atoms with Crippen LogP contribution in [0.4, 0.5) is 11.4 Å². The van der Waals surface area contributed by atoms with Gasteiger partial charge in [0.25, 0.3) is 16.8 Å². The Hall–Kier alpha value is -2.83. The van der Waals surface area contributed by atoms with Crippen molar-refractivity contribution in [3.05, 3.63) is 44.2 Å². The smallest absolute Gasteiger partial charge is 0.272 e. The van der Waals surface area contributed by atoms with E-state index in [4.69, 9.17) is 4.74 Å². The number of amides is 1. The molecule has 0 radical (unpaired) electrons. The summed E-state index contributed by atoms with van der Waals surface area (Å²) < 4.78 is 5.11. The SMILES string of the molecule is CCOc1c(Nc2cccc(C(=O)NCC(C)C)c2O)c(=O)c1=O. The summed E-state index contributed by atoms with van der Waals surface area (Å²) >= 11 is 0. The van der Waals surface area contributed by atoms with Crippen LogP contribution < -0.4 is 26.2 Å². The first-order valence-corrected chi connectivity index (χ1v) is 7.70. The van der Waals surface area contributed by atoms with Crippen LogP contribution in [0.5, 0.6) is 11.5 Å². The highest BCUT2D eigenvalue weighted by atomic mass is 16.5. The zero-order valence-corrected chi connectivity index (χ0v) is 13.8. The number of anilines is 2. The van der Waals surface area contributed by atoms with Gasteiger partial charge in [-0.2, -0.15) is 0 Å². The van der Waals surface area contributed by atoms with Crippen LogP contribution in [0.25, 0.3) is 0 Å². The van der Waals surface area contributed by atoms with Crippen LogP contribution in [0.1, 0.15) is 31.1 Å². The van der Waals surface area contributed by atoms with Crippen molar-refractivity contribution in [3.63, 3.8) is 0 Å². The number of aromatic hydroxyl groups is 1. The molecule has 0 unspecified atom stereocenters.